The molecule has 1 aromatic heterocycles. The second-order valence-electron chi connectivity index (χ2n) is 5.67. The summed E-state index contributed by atoms with van der Waals surface area (Å²) in [6.07, 6.45) is 3.11. The number of carboxylic acids is 1. The van der Waals surface area contributed by atoms with Crippen LogP contribution in [-0.4, -0.2) is 40.6 Å². The molecule has 1 aliphatic rings. The number of amides is 2. The standard InChI is InChI=1S/C14H21N3O3S/c1-10-11(21-9-16-10)7-17(2)13(20)15-8-14(12(18)19)5-3-4-6-14/h9H,3-8H2,1-2H3,(H,15,20)(H,18,19). The van der Waals surface area contributed by atoms with Crippen LogP contribution in [0.5, 0.6) is 0 Å². The van der Waals surface area contributed by atoms with Gasteiger partial charge >= 0.3 is 12.0 Å². The lowest BCUT2D eigenvalue weighted by molar-refractivity contribution is -0.148. The molecule has 0 unspecified atom stereocenters. The predicted molar refractivity (Wildman–Crippen MR) is 80.3 cm³/mol. The minimum Gasteiger partial charge on any atom is -0.481 e. The van der Waals surface area contributed by atoms with Crippen LogP contribution in [0, 0.1) is 12.3 Å². The highest BCUT2D eigenvalue weighted by molar-refractivity contribution is 7.09. The van der Waals surface area contributed by atoms with Crippen molar-refractivity contribution in [1.82, 2.24) is 15.2 Å². The fourth-order valence-electron chi connectivity index (χ4n) is 2.66. The molecule has 1 heterocycles. The minimum atomic E-state index is -0.804. The first-order valence-electron chi connectivity index (χ1n) is 7.06. The molecule has 0 saturated heterocycles. The highest BCUT2D eigenvalue weighted by Gasteiger charge is 2.41. The summed E-state index contributed by atoms with van der Waals surface area (Å²) in [7, 11) is 1.70. The van der Waals surface area contributed by atoms with Gasteiger partial charge in [-0.05, 0) is 19.8 Å². The summed E-state index contributed by atoms with van der Waals surface area (Å²) in [6, 6.07) is -0.240. The molecule has 6 nitrogen and oxygen atoms in total. The van der Waals surface area contributed by atoms with Crippen molar-refractivity contribution < 1.29 is 14.7 Å². The number of aliphatic carboxylic acids is 1. The zero-order valence-corrected chi connectivity index (χ0v) is 13.2. The molecule has 116 valence electrons. The normalized spacial score (nSPS) is 16.7. The van der Waals surface area contributed by atoms with Gasteiger partial charge in [0.1, 0.15) is 0 Å². The van der Waals surface area contributed by atoms with E-state index in [9.17, 15) is 14.7 Å². The van der Waals surface area contributed by atoms with Gasteiger partial charge in [-0.25, -0.2) is 9.78 Å². The zero-order valence-electron chi connectivity index (χ0n) is 12.4. The topological polar surface area (TPSA) is 82.5 Å². The van der Waals surface area contributed by atoms with E-state index in [2.05, 4.69) is 10.3 Å². The van der Waals surface area contributed by atoms with Gasteiger partial charge in [0.25, 0.3) is 0 Å². The number of carbonyl (C=O) groups excluding carboxylic acids is 1. The predicted octanol–water partition coefficient (Wildman–Crippen LogP) is 2.24. The number of nitrogens with zero attached hydrogens (tertiary/aromatic N) is 2. The second kappa shape index (κ2) is 6.43. The molecule has 0 aliphatic heterocycles. The van der Waals surface area contributed by atoms with Crippen LogP contribution in [0.15, 0.2) is 5.51 Å². The maximum atomic E-state index is 12.1. The van der Waals surface area contributed by atoms with Crippen LogP contribution in [0.2, 0.25) is 0 Å². The Labute approximate surface area is 128 Å². The largest absolute Gasteiger partial charge is 0.481 e. The molecule has 0 bridgehead atoms. The van der Waals surface area contributed by atoms with Gasteiger partial charge < -0.3 is 15.3 Å². The molecule has 2 amide bonds. The van der Waals surface area contributed by atoms with Crippen molar-refractivity contribution in [3.63, 3.8) is 0 Å². The summed E-state index contributed by atoms with van der Waals surface area (Å²) in [5.74, 6) is -0.804. The van der Waals surface area contributed by atoms with Crippen LogP contribution in [0.4, 0.5) is 4.79 Å². The Balaban J connectivity index is 1.89. The Morgan fingerprint density at radius 3 is 2.67 bits per heavy atom. The molecule has 1 aliphatic carbocycles. The van der Waals surface area contributed by atoms with Gasteiger partial charge in [-0.15, -0.1) is 11.3 Å². The molecule has 0 aromatic carbocycles. The second-order valence-corrected chi connectivity index (χ2v) is 6.61. The molecule has 0 spiro atoms. The van der Waals surface area contributed by atoms with Crippen LogP contribution in [-0.2, 0) is 11.3 Å². The van der Waals surface area contributed by atoms with Crippen molar-refractivity contribution in [2.24, 2.45) is 5.41 Å². The Kier molecular flexibility index (Phi) is 4.82. The van der Waals surface area contributed by atoms with E-state index in [4.69, 9.17) is 0 Å². The number of carboxylic acid groups (broad SMARTS) is 1. The van der Waals surface area contributed by atoms with Crippen molar-refractivity contribution in [1.29, 1.82) is 0 Å². The average Bonchev–Trinajstić information content (AvgIpc) is 3.07. The third-order valence-corrected chi connectivity index (χ3v) is 5.08. The summed E-state index contributed by atoms with van der Waals surface area (Å²) in [5.41, 5.74) is 1.91. The molecule has 1 aromatic rings. The van der Waals surface area contributed by atoms with Gasteiger partial charge in [0.05, 0.1) is 23.2 Å². The summed E-state index contributed by atoms with van der Waals surface area (Å²) in [5, 5.41) is 12.2. The third kappa shape index (κ3) is 3.53. The van der Waals surface area contributed by atoms with Gasteiger partial charge in [0, 0.05) is 18.5 Å². The molecule has 2 rings (SSSR count). The molecular formula is C14H21N3O3S. The van der Waals surface area contributed by atoms with Crippen molar-refractivity contribution in [3.05, 3.63) is 16.1 Å². The van der Waals surface area contributed by atoms with Crippen molar-refractivity contribution in [3.8, 4) is 0 Å². The van der Waals surface area contributed by atoms with E-state index < -0.39 is 11.4 Å². The zero-order chi connectivity index (χ0) is 15.5. The lowest BCUT2D eigenvalue weighted by Crippen LogP contribution is -2.45. The first-order valence-corrected chi connectivity index (χ1v) is 7.94. The number of rotatable bonds is 5. The summed E-state index contributed by atoms with van der Waals surface area (Å²) in [6.45, 7) is 2.60. The number of nitrogens with one attached hydrogen (secondary N) is 1. The van der Waals surface area contributed by atoms with Crippen molar-refractivity contribution in [2.75, 3.05) is 13.6 Å². The first kappa shape index (κ1) is 15.8. The molecule has 7 heteroatoms. The van der Waals surface area contributed by atoms with Crippen molar-refractivity contribution >= 4 is 23.3 Å². The molecule has 21 heavy (non-hydrogen) atoms. The summed E-state index contributed by atoms with van der Waals surface area (Å²) >= 11 is 1.52. The van der Waals surface area contributed by atoms with Gasteiger partial charge in [-0.3, -0.25) is 4.79 Å². The lowest BCUT2D eigenvalue weighted by atomic mass is 9.86. The van der Waals surface area contributed by atoms with Crippen LogP contribution < -0.4 is 5.32 Å². The molecule has 1 saturated carbocycles. The first-order chi connectivity index (χ1) is 9.94. The Morgan fingerprint density at radius 1 is 1.48 bits per heavy atom. The van der Waals surface area contributed by atoms with Crippen molar-refractivity contribution in [2.45, 2.75) is 39.2 Å². The van der Waals surface area contributed by atoms with E-state index >= 15 is 0 Å². The van der Waals surface area contributed by atoms with Crippen LogP contribution in [0.25, 0.3) is 0 Å². The highest BCUT2D eigenvalue weighted by atomic mass is 32.1. The average molecular weight is 311 g/mol. The Bertz CT molecular complexity index is 523. The summed E-state index contributed by atoms with van der Waals surface area (Å²) in [4.78, 5) is 30.3. The Morgan fingerprint density at radius 2 is 2.14 bits per heavy atom. The van der Waals surface area contributed by atoms with Gasteiger partial charge in [-0.1, -0.05) is 12.8 Å². The molecule has 0 radical (unpaired) electrons. The molecular weight excluding hydrogens is 290 g/mol. The monoisotopic (exact) mass is 311 g/mol. The van der Waals surface area contributed by atoms with Gasteiger partial charge in [0.15, 0.2) is 0 Å². The van der Waals surface area contributed by atoms with Gasteiger partial charge in [-0.2, -0.15) is 0 Å². The number of thiazole rings is 1. The number of urea groups is 1. The number of hydrogen-bond acceptors (Lipinski definition) is 4. The van der Waals surface area contributed by atoms with E-state index in [-0.39, 0.29) is 12.6 Å². The number of aryl methyl sites for hydroxylation is 1. The van der Waals surface area contributed by atoms with E-state index in [1.807, 2.05) is 6.92 Å². The maximum absolute atomic E-state index is 12.1. The third-order valence-electron chi connectivity index (χ3n) is 4.16. The fraction of sp³-hybridized carbons (Fsp3) is 0.643. The molecule has 1 fully saturated rings. The lowest BCUT2D eigenvalue weighted by Gasteiger charge is -2.26. The number of aromatic nitrogens is 1. The highest BCUT2D eigenvalue weighted by Crippen LogP contribution is 2.37. The van der Waals surface area contributed by atoms with Gasteiger partial charge in [0.2, 0.25) is 0 Å². The molecule has 0 atom stereocenters. The maximum Gasteiger partial charge on any atom is 0.317 e. The molecule has 2 N–H and O–H groups in total. The minimum absolute atomic E-state index is 0.202. The number of hydrogen-bond donors (Lipinski definition) is 2. The van der Waals surface area contributed by atoms with E-state index in [1.165, 1.54) is 11.3 Å². The fourth-order valence-corrected chi connectivity index (χ4v) is 3.49. The van der Waals surface area contributed by atoms with Crippen LogP contribution in [0.3, 0.4) is 0 Å². The van der Waals surface area contributed by atoms with Crippen LogP contribution in [0.1, 0.15) is 36.3 Å². The van der Waals surface area contributed by atoms with E-state index in [0.717, 1.165) is 23.4 Å². The quantitative estimate of drug-likeness (QED) is 0.873. The number of carbonyl (C=O) groups is 2. The van der Waals surface area contributed by atoms with Crippen LogP contribution >= 0.6 is 11.3 Å². The smallest absolute Gasteiger partial charge is 0.317 e. The van der Waals surface area contributed by atoms with E-state index in [0.29, 0.717) is 19.4 Å². The SMILES string of the molecule is Cc1ncsc1CN(C)C(=O)NCC1(C(=O)O)CCCC1. The van der Waals surface area contributed by atoms with E-state index in [1.54, 1.807) is 17.5 Å². The Hall–Kier alpha value is -1.63. The summed E-state index contributed by atoms with van der Waals surface area (Å²) < 4.78 is 0.